The summed E-state index contributed by atoms with van der Waals surface area (Å²) in [5.74, 6) is -2.59. The molecule has 3 N–H and O–H groups in total. The Balaban J connectivity index is 2.59. The number of likely N-dealkylation sites (tertiary alicyclic amines) is 1. The highest BCUT2D eigenvalue weighted by atomic mass is 16.4. The Morgan fingerprint density at radius 2 is 2.00 bits per heavy atom. The average molecular weight is 258 g/mol. The van der Waals surface area contributed by atoms with Gasteiger partial charge in [0.25, 0.3) is 0 Å². The lowest BCUT2D eigenvalue weighted by molar-refractivity contribution is -0.145. The third-order valence-electron chi connectivity index (χ3n) is 3.04. The molecule has 0 aromatic rings. The van der Waals surface area contributed by atoms with Crippen LogP contribution in [-0.2, 0) is 9.59 Å². The lowest BCUT2D eigenvalue weighted by atomic mass is 10.0. The topological polar surface area (TPSA) is 107 Å². The van der Waals surface area contributed by atoms with Crippen LogP contribution in [0.4, 0.5) is 4.79 Å². The van der Waals surface area contributed by atoms with E-state index in [4.69, 9.17) is 10.2 Å². The molecule has 0 aromatic carbocycles. The summed E-state index contributed by atoms with van der Waals surface area (Å²) in [4.78, 5) is 34.8. The maximum absolute atomic E-state index is 11.9. The van der Waals surface area contributed by atoms with Crippen LogP contribution in [0.2, 0.25) is 0 Å². The number of nitrogens with zero attached hydrogens (tertiary/aromatic N) is 1. The second kappa shape index (κ2) is 6.23. The summed E-state index contributed by atoms with van der Waals surface area (Å²) in [7, 11) is 0. The van der Waals surface area contributed by atoms with Gasteiger partial charge in [-0.05, 0) is 26.2 Å². The first kappa shape index (κ1) is 14.3. The number of nitrogens with one attached hydrogen (secondary N) is 1. The fraction of sp³-hybridized carbons (Fsp3) is 0.727. The van der Waals surface area contributed by atoms with E-state index in [0.29, 0.717) is 6.54 Å². The van der Waals surface area contributed by atoms with Crippen LogP contribution in [0.25, 0.3) is 0 Å². The number of urea groups is 1. The van der Waals surface area contributed by atoms with Crippen molar-refractivity contribution >= 4 is 18.0 Å². The van der Waals surface area contributed by atoms with E-state index < -0.39 is 30.4 Å². The summed E-state index contributed by atoms with van der Waals surface area (Å²) in [5.41, 5.74) is 0. The van der Waals surface area contributed by atoms with Crippen molar-refractivity contribution in [1.29, 1.82) is 0 Å². The first-order chi connectivity index (χ1) is 8.41. The van der Waals surface area contributed by atoms with Gasteiger partial charge in [-0.1, -0.05) is 0 Å². The van der Waals surface area contributed by atoms with Crippen molar-refractivity contribution in [1.82, 2.24) is 10.2 Å². The highest BCUT2D eigenvalue weighted by Crippen LogP contribution is 2.16. The maximum atomic E-state index is 11.9. The molecule has 1 aliphatic heterocycles. The molecule has 1 heterocycles. The van der Waals surface area contributed by atoms with Crippen molar-refractivity contribution in [3.8, 4) is 0 Å². The Morgan fingerprint density at radius 3 is 2.50 bits per heavy atom. The summed E-state index contributed by atoms with van der Waals surface area (Å²) in [6.45, 7) is 2.47. The van der Waals surface area contributed by atoms with Gasteiger partial charge in [-0.25, -0.2) is 9.59 Å². The number of carbonyl (C=O) groups excluding carboxylic acids is 1. The van der Waals surface area contributed by atoms with Crippen LogP contribution in [0, 0.1) is 0 Å². The largest absolute Gasteiger partial charge is 0.481 e. The van der Waals surface area contributed by atoms with Crippen molar-refractivity contribution < 1.29 is 24.6 Å². The number of rotatable bonds is 4. The fourth-order valence-corrected chi connectivity index (χ4v) is 2.01. The van der Waals surface area contributed by atoms with Gasteiger partial charge in [0.1, 0.15) is 6.04 Å². The quantitative estimate of drug-likeness (QED) is 0.680. The molecule has 2 amide bonds. The van der Waals surface area contributed by atoms with Gasteiger partial charge in [-0.3, -0.25) is 4.79 Å². The highest BCUT2D eigenvalue weighted by molar-refractivity contribution is 5.86. The van der Waals surface area contributed by atoms with Gasteiger partial charge < -0.3 is 20.4 Å². The van der Waals surface area contributed by atoms with Gasteiger partial charge in [0.2, 0.25) is 0 Å². The van der Waals surface area contributed by atoms with E-state index in [9.17, 15) is 14.4 Å². The summed E-state index contributed by atoms with van der Waals surface area (Å²) in [5, 5.41) is 19.7. The number of carboxylic acid groups (broad SMARTS) is 2. The van der Waals surface area contributed by atoms with Crippen LogP contribution in [0.1, 0.15) is 32.6 Å². The van der Waals surface area contributed by atoms with E-state index in [1.807, 2.05) is 6.92 Å². The molecule has 102 valence electrons. The minimum absolute atomic E-state index is 0.0537. The molecule has 18 heavy (non-hydrogen) atoms. The predicted octanol–water partition coefficient (Wildman–Crippen LogP) is 0.498. The summed E-state index contributed by atoms with van der Waals surface area (Å²) in [6, 6.07) is -1.84. The van der Waals surface area contributed by atoms with Crippen LogP contribution in [0.5, 0.6) is 0 Å². The number of hydrogen-bond acceptors (Lipinski definition) is 3. The summed E-state index contributed by atoms with van der Waals surface area (Å²) < 4.78 is 0. The molecule has 2 atom stereocenters. The van der Waals surface area contributed by atoms with Gasteiger partial charge in [0.05, 0.1) is 6.42 Å². The Labute approximate surface area is 105 Å². The summed E-state index contributed by atoms with van der Waals surface area (Å²) >= 11 is 0. The molecule has 0 radical (unpaired) electrons. The second-order valence-electron chi connectivity index (χ2n) is 4.48. The van der Waals surface area contributed by atoms with E-state index in [0.717, 1.165) is 19.3 Å². The first-order valence-corrected chi connectivity index (χ1v) is 5.93. The van der Waals surface area contributed by atoms with Crippen molar-refractivity contribution in [2.45, 2.75) is 44.7 Å². The van der Waals surface area contributed by atoms with Gasteiger partial charge in [-0.15, -0.1) is 0 Å². The van der Waals surface area contributed by atoms with Crippen LogP contribution >= 0.6 is 0 Å². The molecule has 1 fully saturated rings. The Hall–Kier alpha value is -1.79. The molecule has 0 bridgehead atoms. The molecule has 7 heteroatoms. The van der Waals surface area contributed by atoms with Crippen molar-refractivity contribution in [3.05, 3.63) is 0 Å². The molecule has 0 aromatic heterocycles. The van der Waals surface area contributed by atoms with Crippen LogP contribution in [0.3, 0.4) is 0 Å². The lowest BCUT2D eigenvalue weighted by Crippen LogP contribution is -2.52. The first-order valence-electron chi connectivity index (χ1n) is 5.93. The fourth-order valence-electron chi connectivity index (χ4n) is 2.01. The van der Waals surface area contributed by atoms with Crippen molar-refractivity contribution in [3.63, 3.8) is 0 Å². The zero-order valence-corrected chi connectivity index (χ0v) is 10.3. The molecule has 1 saturated heterocycles. The molecule has 2 unspecified atom stereocenters. The van der Waals surface area contributed by atoms with Crippen LogP contribution < -0.4 is 5.32 Å². The van der Waals surface area contributed by atoms with Gasteiger partial charge in [0, 0.05) is 12.6 Å². The van der Waals surface area contributed by atoms with E-state index in [2.05, 4.69) is 5.32 Å². The molecule has 0 spiro atoms. The van der Waals surface area contributed by atoms with E-state index >= 15 is 0 Å². The number of carboxylic acids is 2. The minimum Gasteiger partial charge on any atom is -0.481 e. The monoisotopic (exact) mass is 258 g/mol. The van der Waals surface area contributed by atoms with Crippen molar-refractivity contribution in [2.24, 2.45) is 0 Å². The number of amides is 2. The smallest absolute Gasteiger partial charge is 0.326 e. The minimum atomic E-state index is -1.39. The van der Waals surface area contributed by atoms with Gasteiger partial charge in [-0.2, -0.15) is 0 Å². The van der Waals surface area contributed by atoms with Gasteiger partial charge in [0.15, 0.2) is 0 Å². The van der Waals surface area contributed by atoms with E-state index in [1.54, 1.807) is 4.90 Å². The Kier molecular flexibility index (Phi) is 4.94. The molecule has 0 saturated carbocycles. The molecule has 7 nitrogen and oxygen atoms in total. The standard InChI is InChI=1S/C11H18N2O5/c1-7-4-2-3-5-13(7)11(18)12-8(10(16)17)6-9(14)15/h7-8H,2-6H2,1H3,(H,12,18)(H,14,15)(H,16,17). The third kappa shape index (κ3) is 3.90. The Morgan fingerprint density at radius 1 is 1.33 bits per heavy atom. The van der Waals surface area contributed by atoms with E-state index in [1.165, 1.54) is 0 Å². The van der Waals surface area contributed by atoms with E-state index in [-0.39, 0.29) is 6.04 Å². The zero-order valence-electron chi connectivity index (χ0n) is 10.3. The lowest BCUT2D eigenvalue weighted by Gasteiger charge is -2.34. The molecule has 1 aliphatic rings. The highest BCUT2D eigenvalue weighted by Gasteiger charge is 2.28. The third-order valence-corrected chi connectivity index (χ3v) is 3.04. The second-order valence-corrected chi connectivity index (χ2v) is 4.48. The molecular weight excluding hydrogens is 240 g/mol. The maximum Gasteiger partial charge on any atom is 0.326 e. The van der Waals surface area contributed by atoms with Crippen molar-refractivity contribution in [2.75, 3.05) is 6.54 Å². The zero-order chi connectivity index (χ0) is 13.7. The van der Waals surface area contributed by atoms with Gasteiger partial charge >= 0.3 is 18.0 Å². The molecule has 0 aliphatic carbocycles. The number of piperidine rings is 1. The number of aliphatic carboxylic acids is 2. The SMILES string of the molecule is CC1CCCCN1C(=O)NC(CC(=O)O)C(=O)O. The Bertz CT molecular complexity index is 344. The average Bonchev–Trinajstić information content (AvgIpc) is 2.27. The van der Waals surface area contributed by atoms with Crippen LogP contribution in [-0.4, -0.2) is 51.7 Å². The number of carbonyl (C=O) groups is 3. The molecular formula is C11H18N2O5. The number of hydrogen-bond donors (Lipinski definition) is 3. The normalized spacial score (nSPS) is 21.2. The van der Waals surface area contributed by atoms with Crippen LogP contribution in [0.15, 0.2) is 0 Å². The molecule has 1 rings (SSSR count). The summed E-state index contributed by atoms with van der Waals surface area (Å²) in [6.07, 6.45) is 2.18. The predicted molar refractivity (Wildman–Crippen MR) is 62.2 cm³/mol.